The minimum Gasteiger partial charge on any atom is -0.360 e. The molecule has 0 bridgehead atoms. The highest BCUT2D eigenvalue weighted by molar-refractivity contribution is 6.32. The number of amides is 2. The number of fused-ring (bicyclic) bond motifs is 1. The number of benzene rings is 2. The fourth-order valence-corrected chi connectivity index (χ4v) is 3.82. The molecule has 1 unspecified atom stereocenters. The van der Waals surface area contributed by atoms with Crippen LogP contribution in [0, 0.1) is 10.1 Å². The Morgan fingerprint density at radius 1 is 1.34 bits per heavy atom. The van der Waals surface area contributed by atoms with Gasteiger partial charge < -0.3 is 15.1 Å². The predicted octanol–water partition coefficient (Wildman–Crippen LogP) is 4.47. The SMILES string of the molecule is CC1CC(=O)Nc2ccccc2N1C(=O)CN(C)c1cc(Cl)c(C(F)(F)F)cc1[N+](=O)[O-]. The lowest BCUT2D eigenvalue weighted by atomic mass is 10.1. The molecule has 1 aliphatic heterocycles. The third kappa shape index (κ3) is 4.62. The van der Waals surface area contributed by atoms with E-state index >= 15 is 0 Å². The lowest BCUT2D eigenvalue weighted by Crippen LogP contribution is -2.44. The number of hydrogen-bond donors (Lipinski definition) is 1. The van der Waals surface area contributed by atoms with Crippen molar-refractivity contribution in [3.8, 4) is 0 Å². The van der Waals surface area contributed by atoms with E-state index in [-0.39, 0.29) is 18.0 Å². The molecule has 0 aromatic heterocycles. The number of nitro groups is 1. The van der Waals surface area contributed by atoms with Gasteiger partial charge >= 0.3 is 6.18 Å². The zero-order chi connectivity index (χ0) is 23.8. The molecule has 32 heavy (non-hydrogen) atoms. The first-order chi connectivity index (χ1) is 14.9. The van der Waals surface area contributed by atoms with Crippen LogP contribution < -0.4 is 15.1 Å². The van der Waals surface area contributed by atoms with Gasteiger partial charge in [-0.2, -0.15) is 13.2 Å². The number of anilines is 3. The molecule has 170 valence electrons. The van der Waals surface area contributed by atoms with E-state index < -0.39 is 45.9 Å². The molecule has 0 saturated heterocycles. The van der Waals surface area contributed by atoms with Gasteiger partial charge in [-0.3, -0.25) is 19.7 Å². The number of halogens is 4. The summed E-state index contributed by atoms with van der Waals surface area (Å²) in [5, 5.41) is 13.4. The second-order valence-electron chi connectivity index (χ2n) is 7.31. The highest BCUT2D eigenvalue weighted by atomic mass is 35.5. The molecule has 0 radical (unpaired) electrons. The lowest BCUT2D eigenvalue weighted by molar-refractivity contribution is -0.384. The summed E-state index contributed by atoms with van der Waals surface area (Å²) in [5.74, 6) is -0.784. The molecule has 1 N–H and O–H groups in total. The van der Waals surface area contributed by atoms with Crippen molar-refractivity contribution in [1.29, 1.82) is 0 Å². The van der Waals surface area contributed by atoms with E-state index in [4.69, 9.17) is 11.6 Å². The molecule has 3 rings (SSSR count). The number of para-hydroxylation sites is 2. The summed E-state index contributed by atoms with van der Waals surface area (Å²) in [4.78, 5) is 38.3. The summed E-state index contributed by atoms with van der Waals surface area (Å²) in [6, 6.07) is 7.31. The Morgan fingerprint density at radius 3 is 2.62 bits per heavy atom. The Morgan fingerprint density at radius 2 is 2.00 bits per heavy atom. The van der Waals surface area contributed by atoms with Crippen LogP contribution in [0.15, 0.2) is 36.4 Å². The van der Waals surface area contributed by atoms with Crippen LogP contribution in [0.25, 0.3) is 0 Å². The van der Waals surface area contributed by atoms with E-state index in [1.807, 2.05) is 0 Å². The van der Waals surface area contributed by atoms with Crippen molar-refractivity contribution in [3.05, 3.63) is 57.1 Å². The zero-order valence-electron chi connectivity index (χ0n) is 16.9. The third-order valence-corrected chi connectivity index (χ3v) is 5.29. The average molecular weight is 471 g/mol. The fourth-order valence-electron chi connectivity index (χ4n) is 3.55. The second-order valence-corrected chi connectivity index (χ2v) is 7.72. The summed E-state index contributed by atoms with van der Waals surface area (Å²) < 4.78 is 39.4. The lowest BCUT2D eigenvalue weighted by Gasteiger charge is -2.30. The maximum absolute atomic E-state index is 13.2. The largest absolute Gasteiger partial charge is 0.418 e. The molecule has 8 nitrogen and oxygen atoms in total. The van der Waals surface area contributed by atoms with Gasteiger partial charge in [-0.05, 0) is 25.1 Å². The summed E-state index contributed by atoms with van der Waals surface area (Å²) in [6.45, 7) is 1.27. The zero-order valence-corrected chi connectivity index (χ0v) is 17.7. The number of carbonyl (C=O) groups excluding carboxylic acids is 2. The number of likely N-dealkylation sites (N-methyl/N-ethyl adjacent to an activating group) is 1. The van der Waals surface area contributed by atoms with Crippen LogP contribution in [0.4, 0.5) is 35.9 Å². The van der Waals surface area contributed by atoms with Gasteiger partial charge in [0, 0.05) is 25.6 Å². The van der Waals surface area contributed by atoms with Crippen molar-refractivity contribution in [2.24, 2.45) is 0 Å². The Labute approximate surface area is 185 Å². The van der Waals surface area contributed by atoms with Crippen LogP contribution in [-0.2, 0) is 15.8 Å². The first kappa shape index (κ1) is 23.3. The fraction of sp³-hybridized carbons (Fsp3) is 0.300. The summed E-state index contributed by atoms with van der Waals surface area (Å²) in [5.41, 5.74) is -1.54. The minimum absolute atomic E-state index is 0.0242. The van der Waals surface area contributed by atoms with Gasteiger partial charge in [0.25, 0.3) is 5.69 Å². The van der Waals surface area contributed by atoms with Crippen LogP contribution in [0.5, 0.6) is 0 Å². The molecule has 2 aromatic carbocycles. The van der Waals surface area contributed by atoms with Gasteiger partial charge in [-0.1, -0.05) is 23.7 Å². The predicted molar refractivity (Wildman–Crippen MR) is 113 cm³/mol. The molecule has 2 amide bonds. The Balaban J connectivity index is 1.96. The van der Waals surface area contributed by atoms with E-state index in [2.05, 4.69) is 5.32 Å². The summed E-state index contributed by atoms with van der Waals surface area (Å²) in [6.07, 6.45) is -4.85. The first-order valence-corrected chi connectivity index (χ1v) is 9.75. The van der Waals surface area contributed by atoms with Gasteiger partial charge in [0.05, 0.1) is 33.4 Å². The third-order valence-electron chi connectivity index (χ3n) is 4.98. The Hall–Kier alpha value is -3.34. The van der Waals surface area contributed by atoms with Crippen molar-refractivity contribution >= 4 is 46.2 Å². The molecule has 2 aromatic rings. The summed E-state index contributed by atoms with van der Waals surface area (Å²) >= 11 is 5.74. The van der Waals surface area contributed by atoms with E-state index in [1.165, 1.54) is 11.9 Å². The highest BCUT2D eigenvalue weighted by Crippen LogP contribution is 2.41. The molecule has 12 heteroatoms. The number of carbonyl (C=O) groups is 2. The number of nitrogens with one attached hydrogen (secondary N) is 1. The van der Waals surface area contributed by atoms with Crippen LogP contribution in [0.1, 0.15) is 18.9 Å². The highest BCUT2D eigenvalue weighted by Gasteiger charge is 2.37. The first-order valence-electron chi connectivity index (χ1n) is 9.37. The van der Waals surface area contributed by atoms with E-state index in [1.54, 1.807) is 31.2 Å². The van der Waals surface area contributed by atoms with Crippen LogP contribution in [0.3, 0.4) is 0 Å². The molecule has 0 spiro atoms. The van der Waals surface area contributed by atoms with Crippen molar-refractivity contribution in [3.63, 3.8) is 0 Å². The summed E-state index contributed by atoms with van der Waals surface area (Å²) in [7, 11) is 1.33. The number of nitrogens with zero attached hydrogens (tertiary/aromatic N) is 3. The molecule has 0 aliphatic carbocycles. The number of nitro benzene ring substituents is 1. The van der Waals surface area contributed by atoms with Crippen molar-refractivity contribution in [1.82, 2.24) is 0 Å². The molecule has 1 heterocycles. The molecule has 1 atom stereocenters. The molecular formula is C20H18ClF3N4O4. The van der Waals surface area contributed by atoms with Crippen LogP contribution in [0.2, 0.25) is 5.02 Å². The van der Waals surface area contributed by atoms with Crippen molar-refractivity contribution < 1.29 is 27.7 Å². The van der Waals surface area contributed by atoms with Crippen LogP contribution in [-0.4, -0.2) is 36.4 Å². The molecule has 0 fully saturated rings. The average Bonchev–Trinajstić information content (AvgIpc) is 2.80. The van der Waals surface area contributed by atoms with Gasteiger partial charge in [0.1, 0.15) is 5.69 Å². The maximum Gasteiger partial charge on any atom is 0.418 e. The quantitative estimate of drug-likeness (QED) is 0.525. The maximum atomic E-state index is 13.2. The Bertz CT molecular complexity index is 1090. The number of hydrogen-bond acceptors (Lipinski definition) is 5. The standard InChI is InChI=1S/C20H18ClF3N4O4/c1-11-7-18(29)25-14-5-3-4-6-15(14)27(11)19(30)10-26(2)16-9-13(21)12(20(22,23)24)8-17(16)28(31)32/h3-6,8-9,11H,7,10H2,1-2H3,(H,25,29). The second kappa shape index (κ2) is 8.65. The minimum atomic E-state index is -4.88. The Kier molecular flexibility index (Phi) is 6.31. The molecule has 1 aliphatic rings. The van der Waals surface area contributed by atoms with Gasteiger partial charge in [-0.15, -0.1) is 0 Å². The van der Waals surface area contributed by atoms with E-state index in [9.17, 15) is 32.9 Å². The number of rotatable bonds is 4. The smallest absolute Gasteiger partial charge is 0.360 e. The van der Waals surface area contributed by atoms with Gasteiger partial charge in [0.2, 0.25) is 11.8 Å². The van der Waals surface area contributed by atoms with Crippen molar-refractivity contribution in [2.75, 3.05) is 28.7 Å². The van der Waals surface area contributed by atoms with Crippen molar-refractivity contribution in [2.45, 2.75) is 25.6 Å². The monoisotopic (exact) mass is 470 g/mol. The normalized spacial score (nSPS) is 16.1. The van der Waals surface area contributed by atoms with Gasteiger partial charge in [0.15, 0.2) is 0 Å². The van der Waals surface area contributed by atoms with E-state index in [0.717, 1.165) is 11.0 Å². The van der Waals surface area contributed by atoms with Gasteiger partial charge in [-0.25, -0.2) is 0 Å². The topological polar surface area (TPSA) is 95.8 Å². The van der Waals surface area contributed by atoms with Crippen LogP contribution >= 0.6 is 11.6 Å². The molecular weight excluding hydrogens is 453 g/mol. The molecule has 0 saturated carbocycles. The van der Waals surface area contributed by atoms with E-state index in [0.29, 0.717) is 17.4 Å². The number of alkyl halides is 3.